The van der Waals surface area contributed by atoms with Crippen LogP contribution in [-0.2, 0) is 5.75 Å². The minimum atomic E-state index is 0.753. The van der Waals surface area contributed by atoms with Crippen LogP contribution < -0.4 is 10.5 Å². The number of rotatable bonds is 9. The highest BCUT2D eigenvalue weighted by molar-refractivity contribution is 7.98. The van der Waals surface area contributed by atoms with Crippen molar-refractivity contribution in [2.45, 2.75) is 31.9 Å². The van der Waals surface area contributed by atoms with Crippen LogP contribution in [0.25, 0.3) is 0 Å². The van der Waals surface area contributed by atoms with Gasteiger partial charge in [-0.25, -0.2) is 0 Å². The topological polar surface area (TPSA) is 35.2 Å². The van der Waals surface area contributed by atoms with Gasteiger partial charge in [0, 0.05) is 18.1 Å². The van der Waals surface area contributed by atoms with Crippen LogP contribution in [0.15, 0.2) is 24.3 Å². The van der Waals surface area contributed by atoms with Crippen molar-refractivity contribution in [3.05, 3.63) is 29.8 Å². The smallest absolute Gasteiger partial charge is 0.119 e. The molecule has 0 saturated carbocycles. The Morgan fingerprint density at radius 1 is 1.18 bits per heavy atom. The highest BCUT2D eigenvalue weighted by Crippen LogP contribution is 2.16. The van der Waals surface area contributed by atoms with Crippen molar-refractivity contribution in [2.24, 2.45) is 5.73 Å². The van der Waals surface area contributed by atoms with Crippen LogP contribution in [0, 0.1) is 0 Å². The van der Waals surface area contributed by atoms with Gasteiger partial charge in [-0.05, 0) is 24.1 Å². The highest BCUT2D eigenvalue weighted by atomic mass is 32.2. The number of hydrogen-bond donors (Lipinski definition) is 1. The van der Waals surface area contributed by atoms with Crippen molar-refractivity contribution in [3.63, 3.8) is 0 Å². The van der Waals surface area contributed by atoms with Gasteiger partial charge in [0.15, 0.2) is 0 Å². The van der Waals surface area contributed by atoms with Gasteiger partial charge in [-0.15, -0.1) is 0 Å². The molecule has 3 heteroatoms. The van der Waals surface area contributed by atoms with Gasteiger partial charge in [-0.1, -0.05) is 31.9 Å². The van der Waals surface area contributed by atoms with E-state index in [1.54, 1.807) is 0 Å². The van der Waals surface area contributed by atoms with E-state index < -0.39 is 0 Å². The van der Waals surface area contributed by atoms with Crippen molar-refractivity contribution in [2.75, 3.05) is 18.9 Å². The summed E-state index contributed by atoms with van der Waals surface area (Å²) in [5, 5.41) is 0. The number of ether oxygens (including phenoxy) is 1. The first-order valence-corrected chi connectivity index (χ1v) is 7.52. The fraction of sp³-hybridized carbons (Fsp3) is 0.571. The number of benzene rings is 1. The first-order chi connectivity index (χ1) is 8.36. The molecule has 1 aromatic carbocycles. The first kappa shape index (κ1) is 14.4. The molecular formula is C14H23NOS. The summed E-state index contributed by atoms with van der Waals surface area (Å²) in [7, 11) is 0. The van der Waals surface area contributed by atoms with Gasteiger partial charge in [-0.2, -0.15) is 11.8 Å². The molecule has 2 nitrogen and oxygen atoms in total. The number of hydrogen-bond acceptors (Lipinski definition) is 3. The van der Waals surface area contributed by atoms with Crippen LogP contribution in [0.3, 0.4) is 0 Å². The van der Waals surface area contributed by atoms with Gasteiger partial charge in [0.1, 0.15) is 5.75 Å². The molecule has 1 aromatic rings. The third kappa shape index (κ3) is 6.59. The van der Waals surface area contributed by atoms with Gasteiger partial charge in [0.2, 0.25) is 0 Å². The second-order valence-corrected chi connectivity index (χ2v) is 5.15. The van der Waals surface area contributed by atoms with Crippen molar-refractivity contribution >= 4 is 11.8 Å². The van der Waals surface area contributed by atoms with E-state index in [4.69, 9.17) is 10.5 Å². The molecule has 0 fully saturated rings. The van der Waals surface area contributed by atoms with Crippen molar-refractivity contribution in [1.82, 2.24) is 0 Å². The molecule has 0 radical (unpaired) electrons. The maximum absolute atomic E-state index is 5.66. The summed E-state index contributed by atoms with van der Waals surface area (Å²) < 4.78 is 5.66. The molecule has 1 rings (SSSR count). The lowest BCUT2D eigenvalue weighted by Gasteiger charge is -2.06. The van der Waals surface area contributed by atoms with Crippen LogP contribution in [-0.4, -0.2) is 18.9 Å². The molecule has 0 bridgehead atoms. The number of nitrogens with two attached hydrogens (primary N) is 1. The average Bonchev–Trinajstić information content (AvgIpc) is 2.37. The second-order valence-electron chi connectivity index (χ2n) is 4.04. The van der Waals surface area contributed by atoms with Crippen LogP contribution in [0.5, 0.6) is 5.75 Å². The number of thioether (sulfide) groups is 1. The minimum Gasteiger partial charge on any atom is -0.494 e. The largest absolute Gasteiger partial charge is 0.494 e. The Morgan fingerprint density at radius 2 is 1.94 bits per heavy atom. The van der Waals surface area contributed by atoms with Crippen molar-refractivity contribution in [3.8, 4) is 5.75 Å². The van der Waals surface area contributed by atoms with Crippen LogP contribution in [0.1, 0.15) is 31.7 Å². The lowest BCUT2D eigenvalue weighted by atomic mass is 10.2. The van der Waals surface area contributed by atoms with Gasteiger partial charge in [0.25, 0.3) is 0 Å². The molecule has 0 aliphatic rings. The third-order valence-corrected chi connectivity index (χ3v) is 3.53. The Kier molecular flexibility index (Phi) is 7.93. The normalized spacial score (nSPS) is 10.5. The van der Waals surface area contributed by atoms with Gasteiger partial charge >= 0.3 is 0 Å². The molecule has 0 aliphatic heterocycles. The second kappa shape index (κ2) is 9.37. The monoisotopic (exact) mass is 253 g/mol. The summed E-state index contributed by atoms with van der Waals surface area (Å²) in [6.07, 6.45) is 3.62. The van der Waals surface area contributed by atoms with Crippen molar-refractivity contribution in [1.29, 1.82) is 0 Å². The zero-order valence-corrected chi connectivity index (χ0v) is 11.5. The van der Waals surface area contributed by atoms with E-state index in [1.807, 2.05) is 11.8 Å². The predicted octanol–water partition coefficient (Wildman–Crippen LogP) is 3.45. The lowest BCUT2D eigenvalue weighted by Crippen LogP contribution is -2.01. The molecule has 0 saturated heterocycles. The average molecular weight is 253 g/mol. The maximum Gasteiger partial charge on any atom is 0.119 e. The molecule has 0 atom stereocenters. The fourth-order valence-corrected chi connectivity index (χ4v) is 2.24. The zero-order valence-electron chi connectivity index (χ0n) is 10.7. The molecular weight excluding hydrogens is 230 g/mol. The summed E-state index contributed by atoms with van der Waals surface area (Å²) in [5.41, 5.74) is 6.79. The first-order valence-electron chi connectivity index (χ1n) is 6.36. The van der Waals surface area contributed by atoms with Gasteiger partial charge in [0.05, 0.1) is 6.61 Å². The quantitative estimate of drug-likeness (QED) is 0.685. The summed E-state index contributed by atoms with van der Waals surface area (Å²) in [6.45, 7) is 3.78. The molecule has 0 aliphatic carbocycles. The van der Waals surface area contributed by atoms with Gasteiger partial charge < -0.3 is 10.5 Å². The molecule has 0 amide bonds. The molecule has 0 heterocycles. The van der Waals surface area contributed by atoms with Crippen molar-refractivity contribution < 1.29 is 4.74 Å². The standard InChI is InChI=1S/C14H23NOS/c1-2-3-4-10-16-14-7-5-13(6-8-14)12-17-11-9-15/h5-8H,2-4,9-12,15H2,1H3. The van der Waals surface area contributed by atoms with Crippen LogP contribution in [0.2, 0.25) is 0 Å². The summed E-state index contributed by atoms with van der Waals surface area (Å²) in [4.78, 5) is 0. The molecule has 2 N–H and O–H groups in total. The predicted molar refractivity (Wildman–Crippen MR) is 76.7 cm³/mol. The SMILES string of the molecule is CCCCCOc1ccc(CSCCN)cc1. The Morgan fingerprint density at radius 3 is 2.59 bits per heavy atom. The van der Waals surface area contributed by atoms with E-state index in [9.17, 15) is 0 Å². The summed E-state index contributed by atoms with van der Waals surface area (Å²) in [5.74, 6) is 3.04. The lowest BCUT2D eigenvalue weighted by molar-refractivity contribution is 0.306. The van der Waals surface area contributed by atoms with E-state index in [1.165, 1.54) is 18.4 Å². The Balaban J connectivity index is 2.24. The third-order valence-electron chi connectivity index (χ3n) is 2.47. The minimum absolute atomic E-state index is 0.753. The maximum atomic E-state index is 5.66. The molecule has 0 unspecified atom stereocenters. The van der Waals surface area contributed by atoms with E-state index in [2.05, 4.69) is 31.2 Å². The van der Waals surface area contributed by atoms with Gasteiger partial charge in [-0.3, -0.25) is 0 Å². The van der Waals surface area contributed by atoms with E-state index >= 15 is 0 Å². The van der Waals surface area contributed by atoms with E-state index in [0.717, 1.165) is 36.8 Å². The summed E-state index contributed by atoms with van der Waals surface area (Å²) >= 11 is 1.87. The Bertz CT molecular complexity index is 287. The molecule has 17 heavy (non-hydrogen) atoms. The fourth-order valence-electron chi connectivity index (χ4n) is 1.50. The van der Waals surface area contributed by atoms with Crippen LogP contribution in [0.4, 0.5) is 0 Å². The summed E-state index contributed by atoms with van der Waals surface area (Å²) in [6, 6.07) is 8.39. The molecule has 0 aromatic heterocycles. The number of unbranched alkanes of at least 4 members (excludes halogenated alkanes) is 2. The molecule has 96 valence electrons. The Hall–Kier alpha value is -0.670. The van der Waals surface area contributed by atoms with E-state index in [-0.39, 0.29) is 0 Å². The van der Waals surface area contributed by atoms with E-state index in [0.29, 0.717) is 0 Å². The molecule has 0 spiro atoms. The zero-order chi connectivity index (χ0) is 12.3. The highest BCUT2D eigenvalue weighted by Gasteiger charge is 1.96. The Labute approximate surface area is 109 Å². The van der Waals surface area contributed by atoms with Crippen LogP contribution >= 0.6 is 11.8 Å².